The number of anilines is 1. The van der Waals surface area contributed by atoms with Crippen molar-refractivity contribution < 1.29 is 14.3 Å². The van der Waals surface area contributed by atoms with Gasteiger partial charge in [0.05, 0.1) is 4.88 Å². The van der Waals surface area contributed by atoms with Crippen molar-refractivity contribution in [3.63, 3.8) is 0 Å². The number of thiophene rings is 1. The fourth-order valence-electron chi connectivity index (χ4n) is 2.64. The molecule has 1 fully saturated rings. The largest absolute Gasteiger partial charge is 0.381 e. The van der Waals surface area contributed by atoms with Gasteiger partial charge in [-0.05, 0) is 42.5 Å². The number of nitrogens with zero attached hydrogens (tertiary/aromatic N) is 1. The minimum absolute atomic E-state index is 0.0111. The molecule has 0 bridgehead atoms. The molecule has 1 aromatic carbocycles. The smallest absolute Gasteiger partial charge is 0.319 e. The first-order valence-electron chi connectivity index (χ1n) is 7.93. The number of nitrogens with one attached hydrogen (secondary N) is 2. The number of hydrogen-bond acceptors (Lipinski definition) is 4. The van der Waals surface area contributed by atoms with Crippen molar-refractivity contribution in [1.29, 1.82) is 0 Å². The van der Waals surface area contributed by atoms with E-state index in [0.717, 1.165) is 22.9 Å². The molecule has 1 aromatic heterocycles. The van der Waals surface area contributed by atoms with E-state index in [4.69, 9.17) is 4.74 Å². The Bertz CT molecular complexity index is 751. The van der Waals surface area contributed by atoms with Gasteiger partial charge in [0.25, 0.3) is 5.91 Å². The highest BCUT2D eigenvalue weighted by Crippen LogP contribution is 2.28. The van der Waals surface area contributed by atoms with Crippen LogP contribution in [0, 0.1) is 0 Å². The van der Waals surface area contributed by atoms with Crippen LogP contribution >= 0.6 is 11.3 Å². The van der Waals surface area contributed by atoms with E-state index in [-0.39, 0.29) is 18.0 Å². The van der Waals surface area contributed by atoms with Gasteiger partial charge in [-0.15, -0.1) is 11.3 Å². The molecule has 1 aliphatic heterocycles. The van der Waals surface area contributed by atoms with E-state index in [1.807, 2.05) is 24.3 Å². The van der Waals surface area contributed by atoms with Gasteiger partial charge in [-0.2, -0.15) is 0 Å². The Morgan fingerprint density at radius 1 is 1.21 bits per heavy atom. The summed E-state index contributed by atoms with van der Waals surface area (Å²) in [7, 11) is 3.47. The molecule has 3 amide bonds. The summed E-state index contributed by atoms with van der Waals surface area (Å²) in [5.74, 6) is -0.0111. The number of benzene rings is 1. The molecule has 2 aromatic rings. The molecule has 0 aliphatic carbocycles. The zero-order valence-electron chi connectivity index (χ0n) is 13.8. The summed E-state index contributed by atoms with van der Waals surface area (Å²) in [6.45, 7) is 1.38. The third kappa shape index (κ3) is 3.85. The molecule has 6 nitrogen and oxygen atoms in total. The van der Waals surface area contributed by atoms with Gasteiger partial charge in [0.2, 0.25) is 0 Å². The number of hydrogen-bond donors (Lipinski definition) is 2. The number of ether oxygens (including phenoxy) is 1. The van der Waals surface area contributed by atoms with Crippen LogP contribution in [0.4, 0.5) is 10.5 Å². The summed E-state index contributed by atoms with van der Waals surface area (Å²) in [6, 6.07) is 7.49. The average molecular weight is 347 g/mol. The van der Waals surface area contributed by atoms with E-state index in [9.17, 15) is 9.59 Å². The summed E-state index contributed by atoms with van der Waals surface area (Å²) in [4.78, 5) is 26.4. The second-order valence-corrected chi connectivity index (χ2v) is 7.13. The van der Waals surface area contributed by atoms with Crippen LogP contribution in [-0.4, -0.2) is 50.2 Å². The Morgan fingerprint density at radius 3 is 2.67 bits per heavy atom. The van der Waals surface area contributed by atoms with Crippen molar-refractivity contribution >= 4 is 39.0 Å². The second kappa shape index (κ2) is 7.19. The molecule has 1 saturated heterocycles. The Morgan fingerprint density at radius 2 is 1.96 bits per heavy atom. The van der Waals surface area contributed by atoms with Gasteiger partial charge in [0.1, 0.15) is 0 Å². The van der Waals surface area contributed by atoms with Crippen molar-refractivity contribution in [2.24, 2.45) is 0 Å². The highest BCUT2D eigenvalue weighted by molar-refractivity contribution is 7.20. The van der Waals surface area contributed by atoms with E-state index < -0.39 is 0 Å². The Balaban J connectivity index is 1.68. The number of carbonyl (C=O) groups excluding carboxylic acids is 2. The van der Waals surface area contributed by atoms with Gasteiger partial charge in [-0.3, -0.25) is 4.79 Å². The molecule has 0 radical (unpaired) electrons. The number of fused-ring (bicyclic) bond motifs is 1. The molecular weight excluding hydrogens is 326 g/mol. The van der Waals surface area contributed by atoms with Crippen LogP contribution in [0.25, 0.3) is 10.1 Å². The standard InChI is InChI=1S/C17H21N3O3S/c1-20(2)16(21)15-10-11-9-13(3-4-14(11)24-15)19-17(22)18-12-5-7-23-8-6-12/h3-4,9-10,12H,5-8H2,1-2H3,(H2,18,19,22). The summed E-state index contributed by atoms with van der Waals surface area (Å²) < 4.78 is 6.31. The maximum absolute atomic E-state index is 12.1. The molecule has 0 spiro atoms. The molecule has 128 valence electrons. The maximum Gasteiger partial charge on any atom is 0.319 e. The number of rotatable bonds is 3. The highest BCUT2D eigenvalue weighted by atomic mass is 32.1. The third-order valence-electron chi connectivity index (χ3n) is 3.95. The Kier molecular flexibility index (Phi) is 5.01. The van der Waals surface area contributed by atoms with Gasteiger partial charge in [-0.1, -0.05) is 0 Å². The quantitative estimate of drug-likeness (QED) is 0.897. The molecule has 24 heavy (non-hydrogen) atoms. The molecule has 7 heteroatoms. The zero-order valence-corrected chi connectivity index (χ0v) is 14.6. The maximum atomic E-state index is 12.1. The number of urea groups is 1. The summed E-state index contributed by atoms with van der Waals surface area (Å²) >= 11 is 1.46. The second-order valence-electron chi connectivity index (χ2n) is 6.05. The first-order chi connectivity index (χ1) is 11.5. The van der Waals surface area contributed by atoms with Crippen molar-refractivity contribution in [3.8, 4) is 0 Å². The third-order valence-corrected chi connectivity index (χ3v) is 5.05. The van der Waals surface area contributed by atoms with E-state index >= 15 is 0 Å². The first-order valence-corrected chi connectivity index (χ1v) is 8.75. The van der Waals surface area contributed by atoms with Gasteiger partial charge >= 0.3 is 6.03 Å². The van der Waals surface area contributed by atoms with Crippen LogP contribution < -0.4 is 10.6 Å². The SMILES string of the molecule is CN(C)C(=O)c1cc2cc(NC(=O)NC3CCOCC3)ccc2s1. The van der Waals surface area contributed by atoms with Crippen molar-refractivity contribution in [2.45, 2.75) is 18.9 Å². The lowest BCUT2D eigenvalue weighted by molar-refractivity contribution is 0.0806. The monoisotopic (exact) mass is 347 g/mol. The average Bonchev–Trinajstić information content (AvgIpc) is 2.98. The van der Waals surface area contributed by atoms with Crippen LogP contribution in [0.3, 0.4) is 0 Å². The molecule has 0 atom stereocenters. The van der Waals surface area contributed by atoms with Crippen molar-refractivity contribution in [2.75, 3.05) is 32.6 Å². The fourth-order valence-corrected chi connectivity index (χ4v) is 3.71. The van der Waals surface area contributed by atoms with Crippen LogP contribution in [0.1, 0.15) is 22.5 Å². The molecule has 1 aliphatic rings. The number of carbonyl (C=O) groups is 2. The van der Waals surface area contributed by atoms with Crippen LogP contribution in [-0.2, 0) is 4.74 Å². The highest BCUT2D eigenvalue weighted by Gasteiger charge is 2.16. The summed E-state index contributed by atoms with van der Waals surface area (Å²) in [6.07, 6.45) is 1.68. The predicted molar refractivity (Wildman–Crippen MR) is 95.8 cm³/mol. The minimum atomic E-state index is -0.207. The Labute approximate surface area is 144 Å². The lowest BCUT2D eigenvalue weighted by Crippen LogP contribution is -2.41. The van der Waals surface area contributed by atoms with E-state index in [1.165, 1.54) is 11.3 Å². The zero-order chi connectivity index (χ0) is 17.1. The summed E-state index contributed by atoms with van der Waals surface area (Å²) in [5.41, 5.74) is 0.716. The molecule has 2 heterocycles. The fraction of sp³-hybridized carbons (Fsp3) is 0.412. The molecule has 3 rings (SSSR count). The Hall–Kier alpha value is -2.12. The van der Waals surface area contributed by atoms with E-state index in [0.29, 0.717) is 23.8 Å². The minimum Gasteiger partial charge on any atom is -0.381 e. The van der Waals surface area contributed by atoms with Gasteiger partial charge in [0.15, 0.2) is 0 Å². The molecular formula is C17H21N3O3S. The van der Waals surface area contributed by atoms with Crippen LogP contribution in [0.15, 0.2) is 24.3 Å². The van der Waals surface area contributed by atoms with Gasteiger partial charge in [-0.25, -0.2) is 4.79 Å². The first kappa shape index (κ1) is 16.7. The lowest BCUT2D eigenvalue weighted by atomic mass is 10.1. The lowest BCUT2D eigenvalue weighted by Gasteiger charge is -2.23. The van der Waals surface area contributed by atoms with E-state index in [1.54, 1.807) is 19.0 Å². The van der Waals surface area contributed by atoms with Crippen LogP contribution in [0.2, 0.25) is 0 Å². The predicted octanol–water partition coefficient (Wildman–Crippen LogP) is 2.90. The molecule has 0 saturated carbocycles. The van der Waals surface area contributed by atoms with Crippen molar-refractivity contribution in [1.82, 2.24) is 10.2 Å². The van der Waals surface area contributed by atoms with Crippen LogP contribution in [0.5, 0.6) is 0 Å². The number of amides is 3. The van der Waals surface area contributed by atoms with Gasteiger partial charge in [0, 0.05) is 43.7 Å². The van der Waals surface area contributed by atoms with E-state index in [2.05, 4.69) is 10.6 Å². The van der Waals surface area contributed by atoms with Gasteiger partial charge < -0.3 is 20.3 Å². The normalized spacial score (nSPS) is 15.2. The molecule has 0 unspecified atom stereocenters. The topological polar surface area (TPSA) is 70.7 Å². The summed E-state index contributed by atoms with van der Waals surface area (Å²) in [5, 5.41) is 6.78. The van der Waals surface area contributed by atoms with Crippen molar-refractivity contribution in [3.05, 3.63) is 29.1 Å². The molecule has 2 N–H and O–H groups in total.